The summed E-state index contributed by atoms with van der Waals surface area (Å²) in [4.78, 5) is -0.0587. The van der Waals surface area contributed by atoms with Crippen LogP contribution in [0.15, 0.2) is 23.1 Å². The molecular formula is C13H19FN2O2S. The molecule has 1 unspecified atom stereocenters. The molecule has 1 aromatic rings. The van der Waals surface area contributed by atoms with Crippen LogP contribution in [0.4, 0.5) is 10.1 Å². The normalized spacial score (nSPS) is 22.6. The van der Waals surface area contributed by atoms with Crippen molar-refractivity contribution in [3.8, 4) is 0 Å². The van der Waals surface area contributed by atoms with E-state index in [0.717, 1.165) is 31.4 Å². The van der Waals surface area contributed by atoms with Crippen molar-refractivity contribution in [1.82, 2.24) is 4.72 Å². The lowest BCUT2D eigenvalue weighted by Crippen LogP contribution is -2.41. The molecule has 0 radical (unpaired) electrons. The van der Waals surface area contributed by atoms with Gasteiger partial charge < -0.3 is 5.73 Å². The standard InChI is InChI=1S/C13H19FN2O2S/c1-13(2)7-3-4-12(13)16-19(17,18)11-6-5-9(14)8-10(11)15/h5-6,8,12,16H,3-4,7,15H2,1-2H3. The first-order valence-corrected chi connectivity index (χ1v) is 7.78. The SMILES string of the molecule is CC1(C)CCCC1NS(=O)(=O)c1ccc(F)cc1N. The lowest BCUT2D eigenvalue weighted by Gasteiger charge is -2.27. The monoisotopic (exact) mass is 286 g/mol. The molecule has 1 aliphatic carbocycles. The van der Waals surface area contributed by atoms with Crippen molar-refractivity contribution in [3.05, 3.63) is 24.0 Å². The highest BCUT2D eigenvalue weighted by atomic mass is 32.2. The van der Waals surface area contributed by atoms with Crippen molar-refractivity contribution in [1.29, 1.82) is 0 Å². The van der Waals surface area contributed by atoms with E-state index >= 15 is 0 Å². The Hall–Kier alpha value is -1.14. The molecule has 0 saturated heterocycles. The summed E-state index contributed by atoms with van der Waals surface area (Å²) in [6.07, 6.45) is 2.80. The van der Waals surface area contributed by atoms with E-state index < -0.39 is 15.8 Å². The van der Waals surface area contributed by atoms with E-state index in [1.807, 2.05) is 13.8 Å². The van der Waals surface area contributed by atoms with Gasteiger partial charge in [-0.15, -0.1) is 0 Å². The van der Waals surface area contributed by atoms with Gasteiger partial charge in [-0.05, 0) is 36.5 Å². The summed E-state index contributed by atoms with van der Waals surface area (Å²) in [5.74, 6) is -0.544. The van der Waals surface area contributed by atoms with Gasteiger partial charge >= 0.3 is 0 Å². The number of benzene rings is 1. The van der Waals surface area contributed by atoms with Gasteiger partial charge in [-0.3, -0.25) is 0 Å². The van der Waals surface area contributed by atoms with Crippen LogP contribution in [0.1, 0.15) is 33.1 Å². The summed E-state index contributed by atoms with van der Waals surface area (Å²) in [7, 11) is -3.70. The van der Waals surface area contributed by atoms with Crippen LogP contribution in [0.5, 0.6) is 0 Å². The zero-order chi connectivity index (χ0) is 14.3. The molecule has 1 fully saturated rings. The summed E-state index contributed by atoms with van der Waals surface area (Å²) < 4.78 is 40.2. The first-order chi connectivity index (χ1) is 8.72. The Kier molecular flexibility index (Phi) is 3.57. The Balaban J connectivity index is 2.28. The number of nitrogens with one attached hydrogen (secondary N) is 1. The summed E-state index contributed by atoms with van der Waals surface area (Å²) in [6.45, 7) is 4.09. The second-order valence-electron chi connectivity index (χ2n) is 5.74. The van der Waals surface area contributed by atoms with Gasteiger partial charge in [0.2, 0.25) is 10.0 Å². The van der Waals surface area contributed by atoms with Gasteiger partial charge in [0, 0.05) is 6.04 Å². The molecule has 6 heteroatoms. The second-order valence-corrected chi connectivity index (χ2v) is 7.42. The fourth-order valence-electron chi connectivity index (χ4n) is 2.56. The maximum Gasteiger partial charge on any atom is 0.242 e. The Morgan fingerprint density at radius 1 is 1.42 bits per heavy atom. The topological polar surface area (TPSA) is 72.2 Å². The van der Waals surface area contributed by atoms with Crippen molar-refractivity contribution >= 4 is 15.7 Å². The maximum absolute atomic E-state index is 13.0. The molecule has 1 atom stereocenters. The van der Waals surface area contributed by atoms with Crippen LogP contribution in [0.3, 0.4) is 0 Å². The van der Waals surface area contributed by atoms with E-state index in [4.69, 9.17) is 5.73 Å². The zero-order valence-electron chi connectivity index (χ0n) is 11.1. The van der Waals surface area contributed by atoms with E-state index in [-0.39, 0.29) is 22.0 Å². The number of anilines is 1. The Morgan fingerprint density at radius 2 is 2.11 bits per heavy atom. The molecule has 1 aliphatic rings. The highest BCUT2D eigenvalue weighted by Crippen LogP contribution is 2.38. The van der Waals surface area contributed by atoms with E-state index in [2.05, 4.69) is 4.72 Å². The third-order valence-corrected chi connectivity index (χ3v) is 5.36. The molecule has 2 rings (SSSR count). The van der Waals surface area contributed by atoms with Crippen LogP contribution < -0.4 is 10.5 Å². The quantitative estimate of drug-likeness (QED) is 0.837. The average Bonchev–Trinajstić information content (AvgIpc) is 2.56. The van der Waals surface area contributed by atoms with Crippen LogP contribution in [-0.2, 0) is 10.0 Å². The van der Waals surface area contributed by atoms with Crippen LogP contribution in [0.2, 0.25) is 0 Å². The molecule has 0 spiro atoms. The van der Waals surface area contributed by atoms with Gasteiger partial charge in [-0.1, -0.05) is 20.3 Å². The fraction of sp³-hybridized carbons (Fsp3) is 0.538. The Labute approximate surface area is 113 Å². The first-order valence-electron chi connectivity index (χ1n) is 6.30. The molecule has 3 N–H and O–H groups in total. The van der Waals surface area contributed by atoms with Gasteiger partial charge in [0.15, 0.2) is 0 Å². The van der Waals surface area contributed by atoms with E-state index in [1.165, 1.54) is 6.07 Å². The summed E-state index contributed by atoms with van der Waals surface area (Å²) in [5.41, 5.74) is 5.46. The number of nitrogens with two attached hydrogens (primary N) is 1. The fourth-order valence-corrected chi connectivity index (χ4v) is 4.11. The molecule has 4 nitrogen and oxygen atoms in total. The first kappa shape index (κ1) is 14.3. The van der Waals surface area contributed by atoms with Crippen LogP contribution >= 0.6 is 0 Å². The molecule has 0 bridgehead atoms. The van der Waals surface area contributed by atoms with Crippen molar-refractivity contribution in [2.24, 2.45) is 5.41 Å². The molecule has 106 valence electrons. The van der Waals surface area contributed by atoms with Crippen LogP contribution in [0, 0.1) is 11.2 Å². The molecule has 0 amide bonds. The van der Waals surface area contributed by atoms with Crippen molar-refractivity contribution < 1.29 is 12.8 Å². The minimum absolute atomic E-state index is 0.0587. The van der Waals surface area contributed by atoms with Crippen molar-refractivity contribution in [3.63, 3.8) is 0 Å². The number of sulfonamides is 1. The summed E-state index contributed by atoms with van der Waals surface area (Å²) in [6, 6.07) is 3.22. The van der Waals surface area contributed by atoms with Gasteiger partial charge in [-0.25, -0.2) is 17.5 Å². The average molecular weight is 286 g/mol. The minimum Gasteiger partial charge on any atom is -0.398 e. The third-order valence-electron chi connectivity index (χ3n) is 3.82. The van der Waals surface area contributed by atoms with Crippen LogP contribution in [0.25, 0.3) is 0 Å². The van der Waals surface area contributed by atoms with Gasteiger partial charge in [-0.2, -0.15) is 0 Å². The van der Waals surface area contributed by atoms with E-state index in [1.54, 1.807) is 0 Å². The third kappa shape index (κ3) is 2.90. The van der Waals surface area contributed by atoms with Gasteiger partial charge in [0.05, 0.1) is 5.69 Å². The zero-order valence-corrected chi connectivity index (χ0v) is 11.9. The largest absolute Gasteiger partial charge is 0.398 e. The lowest BCUT2D eigenvalue weighted by atomic mass is 9.88. The smallest absolute Gasteiger partial charge is 0.242 e. The number of hydrogen-bond donors (Lipinski definition) is 2. The number of rotatable bonds is 3. The Bertz CT molecular complexity index is 584. The number of nitrogen functional groups attached to an aromatic ring is 1. The van der Waals surface area contributed by atoms with Crippen LogP contribution in [-0.4, -0.2) is 14.5 Å². The minimum atomic E-state index is -3.70. The highest BCUT2D eigenvalue weighted by molar-refractivity contribution is 7.89. The number of halogens is 1. The van der Waals surface area contributed by atoms with Gasteiger partial charge in [0.1, 0.15) is 10.7 Å². The Morgan fingerprint density at radius 3 is 2.63 bits per heavy atom. The van der Waals surface area contributed by atoms with E-state index in [9.17, 15) is 12.8 Å². The lowest BCUT2D eigenvalue weighted by molar-refractivity contribution is 0.313. The maximum atomic E-state index is 13.0. The predicted octanol–water partition coefficient (Wildman–Crippen LogP) is 2.26. The molecule has 1 saturated carbocycles. The molecule has 0 aromatic heterocycles. The molecule has 1 aromatic carbocycles. The molecule has 0 aliphatic heterocycles. The van der Waals surface area contributed by atoms with Gasteiger partial charge in [0.25, 0.3) is 0 Å². The van der Waals surface area contributed by atoms with E-state index in [0.29, 0.717) is 0 Å². The molecule has 0 heterocycles. The summed E-state index contributed by atoms with van der Waals surface area (Å²) >= 11 is 0. The molecular weight excluding hydrogens is 267 g/mol. The summed E-state index contributed by atoms with van der Waals surface area (Å²) in [5, 5.41) is 0. The number of hydrogen-bond acceptors (Lipinski definition) is 3. The van der Waals surface area contributed by atoms with Crippen molar-refractivity contribution in [2.45, 2.75) is 44.0 Å². The predicted molar refractivity (Wildman–Crippen MR) is 72.6 cm³/mol. The highest BCUT2D eigenvalue weighted by Gasteiger charge is 2.37. The van der Waals surface area contributed by atoms with Crippen molar-refractivity contribution in [2.75, 3.05) is 5.73 Å². The second kappa shape index (κ2) is 4.76. The molecule has 19 heavy (non-hydrogen) atoms.